The zero-order valence-corrected chi connectivity index (χ0v) is 23.5. The van der Waals surface area contributed by atoms with Crippen molar-refractivity contribution in [2.45, 2.75) is 20.0 Å². The Morgan fingerprint density at radius 2 is 1.79 bits per heavy atom. The van der Waals surface area contributed by atoms with E-state index in [2.05, 4.69) is 74.5 Å². The summed E-state index contributed by atoms with van der Waals surface area (Å²) in [6.45, 7) is 2.51. The third-order valence-electron chi connectivity index (χ3n) is 4.87. The Morgan fingerprint density at radius 3 is 2.45 bits per heavy atom. The van der Waals surface area contributed by atoms with Gasteiger partial charge in [0.15, 0.2) is 5.17 Å². The first-order chi connectivity index (χ1) is 15.9. The molecule has 1 fully saturated rings. The Balaban J connectivity index is 1.49. The van der Waals surface area contributed by atoms with Crippen molar-refractivity contribution in [3.8, 4) is 5.75 Å². The van der Waals surface area contributed by atoms with Gasteiger partial charge in [-0.25, -0.2) is 4.99 Å². The van der Waals surface area contributed by atoms with E-state index >= 15 is 0 Å². The Labute approximate surface area is 229 Å². The number of amides is 1. The molecule has 0 aliphatic carbocycles. The molecule has 0 spiro atoms. The smallest absolute Gasteiger partial charge is 0.264 e. The fourth-order valence-corrected chi connectivity index (χ4v) is 6.28. The fraction of sp³-hybridized carbons (Fsp3) is 0.120. The van der Waals surface area contributed by atoms with Gasteiger partial charge in [0.2, 0.25) is 0 Å². The average Bonchev–Trinajstić information content (AvgIpc) is 3.13. The molecule has 3 aromatic carbocycles. The summed E-state index contributed by atoms with van der Waals surface area (Å²) in [5.41, 5.74) is 3.94. The van der Waals surface area contributed by atoms with E-state index in [-0.39, 0.29) is 5.91 Å². The van der Waals surface area contributed by atoms with Crippen LogP contribution < -0.4 is 10.1 Å². The molecule has 33 heavy (non-hydrogen) atoms. The molecule has 0 bridgehead atoms. The number of carbonyl (C=O) groups excluding carboxylic acids is 1. The van der Waals surface area contributed by atoms with Crippen LogP contribution in [0.3, 0.4) is 0 Å². The molecule has 4 rings (SSSR count). The van der Waals surface area contributed by atoms with Gasteiger partial charge in [-0.3, -0.25) is 4.79 Å². The minimum absolute atomic E-state index is 0.145. The van der Waals surface area contributed by atoms with Gasteiger partial charge in [0.25, 0.3) is 5.91 Å². The standard InChI is InChI=1S/C25H19ClI2N2O2S/c1-2-15-7-9-18(10-8-15)29-25-30-24(31)22(33-25)13-16-11-20(27)23(21(28)12-16)32-14-17-5-3-4-6-19(17)26/h3-13H,2,14H2,1H3,(H,29,30,31)/b22-13-. The second kappa shape index (κ2) is 11.2. The van der Waals surface area contributed by atoms with Crippen LogP contribution in [0.2, 0.25) is 5.02 Å². The van der Waals surface area contributed by atoms with Gasteiger partial charge in [-0.2, -0.15) is 0 Å². The van der Waals surface area contributed by atoms with Gasteiger partial charge in [-0.05, 0) is 111 Å². The van der Waals surface area contributed by atoms with E-state index in [4.69, 9.17) is 16.3 Å². The number of rotatable bonds is 6. The van der Waals surface area contributed by atoms with Gasteiger partial charge in [0, 0.05) is 10.6 Å². The number of aliphatic imine (C=N–C) groups is 1. The molecule has 8 heteroatoms. The minimum Gasteiger partial charge on any atom is -0.487 e. The van der Waals surface area contributed by atoms with Gasteiger partial charge in [0.05, 0.1) is 17.7 Å². The lowest BCUT2D eigenvalue weighted by atomic mass is 10.2. The quantitative estimate of drug-likeness (QED) is 0.213. The second-order valence-electron chi connectivity index (χ2n) is 7.20. The lowest BCUT2D eigenvalue weighted by Gasteiger charge is -2.12. The molecule has 3 aromatic rings. The number of benzene rings is 3. The predicted octanol–water partition coefficient (Wildman–Crippen LogP) is 7.58. The van der Waals surface area contributed by atoms with Crippen LogP contribution in [0.1, 0.15) is 23.6 Å². The van der Waals surface area contributed by atoms with Crippen molar-refractivity contribution >= 4 is 91.4 Å². The maximum Gasteiger partial charge on any atom is 0.264 e. The van der Waals surface area contributed by atoms with Crippen molar-refractivity contribution in [3.05, 3.63) is 94.4 Å². The third-order valence-corrected chi connectivity index (χ3v) is 7.76. The van der Waals surface area contributed by atoms with Crippen LogP contribution in [0.5, 0.6) is 5.75 Å². The monoisotopic (exact) mass is 700 g/mol. The fourth-order valence-electron chi connectivity index (χ4n) is 3.12. The van der Waals surface area contributed by atoms with Crippen molar-refractivity contribution in [2.24, 2.45) is 4.99 Å². The maximum absolute atomic E-state index is 12.5. The van der Waals surface area contributed by atoms with Gasteiger partial charge in [-0.1, -0.05) is 48.9 Å². The highest BCUT2D eigenvalue weighted by atomic mass is 127. The lowest BCUT2D eigenvalue weighted by Crippen LogP contribution is -2.19. The number of nitrogens with zero attached hydrogens (tertiary/aromatic N) is 1. The van der Waals surface area contributed by atoms with Crippen LogP contribution in [0.15, 0.2) is 70.6 Å². The number of hydrogen-bond donors (Lipinski definition) is 1. The predicted molar refractivity (Wildman–Crippen MR) is 154 cm³/mol. The van der Waals surface area contributed by atoms with E-state index in [1.165, 1.54) is 17.3 Å². The zero-order chi connectivity index (χ0) is 23.4. The van der Waals surface area contributed by atoms with Gasteiger partial charge >= 0.3 is 0 Å². The van der Waals surface area contributed by atoms with Gasteiger partial charge in [0.1, 0.15) is 12.4 Å². The minimum atomic E-state index is -0.145. The second-order valence-corrected chi connectivity index (χ2v) is 11.0. The van der Waals surface area contributed by atoms with Crippen molar-refractivity contribution in [1.29, 1.82) is 0 Å². The summed E-state index contributed by atoms with van der Waals surface area (Å²) in [5, 5.41) is 4.12. The van der Waals surface area contributed by atoms with Crippen LogP contribution in [0.4, 0.5) is 5.69 Å². The molecule has 1 saturated heterocycles. The summed E-state index contributed by atoms with van der Waals surface area (Å²) in [4.78, 5) is 17.7. The summed E-state index contributed by atoms with van der Waals surface area (Å²) in [5.74, 6) is 0.660. The highest BCUT2D eigenvalue weighted by Gasteiger charge is 2.24. The molecule has 0 aromatic heterocycles. The highest BCUT2D eigenvalue weighted by molar-refractivity contribution is 14.1. The van der Waals surface area contributed by atoms with E-state index in [0.717, 1.165) is 36.1 Å². The summed E-state index contributed by atoms with van der Waals surface area (Å²) < 4.78 is 7.99. The SMILES string of the molecule is CCc1ccc(N=C2NC(=O)/C(=C/c3cc(I)c(OCc4ccccc4Cl)c(I)c3)S2)cc1. The highest BCUT2D eigenvalue weighted by Crippen LogP contribution is 2.33. The van der Waals surface area contributed by atoms with Gasteiger partial charge < -0.3 is 10.1 Å². The Hall–Kier alpha value is -1.56. The van der Waals surface area contributed by atoms with E-state index in [1.807, 2.05) is 54.6 Å². The van der Waals surface area contributed by atoms with Crippen molar-refractivity contribution in [3.63, 3.8) is 0 Å². The van der Waals surface area contributed by atoms with Crippen LogP contribution in [0.25, 0.3) is 6.08 Å². The molecule has 0 unspecified atom stereocenters. The number of ether oxygens (including phenoxy) is 1. The van der Waals surface area contributed by atoms with Crippen LogP contribution in [0, 0.1) is 7.14 Å². The number of aryl methyl sites for hydroxylation is 1. The Kier molecular flexibility index (Phi) is 8.37. The molecule has 0 saturated carbocycles. The molecule has 0 radical (unpaired) electrons. The number of amidine groups is 1. The molecule has 1 aliphatic rings. The molecule has 0 atom stereocenters. The summed E-state index contributed by atoms with van der Waals surface area (Å²) in [6, 6.07) is 19.7. The van der Waals surface area contributed by atoms with Crippen molar-refractivity contribution < 1.29 is 9.53 Å². The number of hydrogen-bond acceptors (Lipinski definition) is 4. The Morgan fingerprint density at radius 1 is 1.09 bits per heavy atom. The Bertz CT molecular complexity index is 1240. The normalized spacial score (nSPS) is 15.8. The molecule has 4 nitrogen and oxygen atoms in total. The largest absolute Gasteiger partial charge is 0.487 e. The molecule has 1 amide bonds. The number of thioether (sulfide) groups is 1. The number of halogens is 3. The number of carbonyl (C=O) groups is 1. The van der Waals surface area contributed by atoms with E-state index in [9.17, 15) is 4.79 Å². The topological polar surface area (TPSA) is 50.7 Å². The molecular formula is C25H19ClI2N2O2S. The van der Waals surface area contributed by atoms with Gasteiger partial charge in [-0.15, -0.1) is 0 Å². The number of nitrogens with one attached hydrogen (secondary N) is 1. The van der Waals surface area contributed by atoms with Crippen LogP contribution in [-0.4, -0.2) is 11.1 Å². The molecule has 168 valence electrons. The maximum atomic E-state index is 12.5. The van der Waals surface area contributed by atoms with E-state index < -0.39 is 0 Å². The first-order valence-electron chi connectivity index (χ1n) is 10.2. The molecule has 1 N–H and O–H groups in total. The molecule has 1 heterocycles. The van der Waals surface area contributed by atoms with Crippen LogP contribution in [-0.2, 0) is 17.8 Å². The third kappa shape index (κ3) is 6.32. The zero-order valence-electron chi connectivity index (χ0n) is 17.6. The summed E-state index contributed by atoms with van der Waals surface area (Å²) in [7, 11) is 0. The molecular weight excluding hydrogens is 682 g/mol. The first kappa shape index (κ1) is 24.6. The molecule has 1 aliphatic heterocycles. The lowest BCUT2D eigenvalue weighted by molar-refractivity contribution is -0.115. The summed E-state index contributed by atoms with van der Waals surface area (Å²) >= 11 is 12.1. The van der Waals surface area contributed by atoms with E-state index in [1.54, 1.807) is 0 Å². The first-order valence-corrected chi connectivity index (χ1v) is 13.5. The van der Waals surface area contributed by atoms with Crippen LogP contribution >= 0.6 is 68.5 Å². The summed E-state index contributed by atoms with van der Waals surface area (Å²) in [6.07, 6.45) is 2.86. The van der Waals surface area contributed by atoms with Crippen molar-refractivity contribution in [1.82, 2.24) is 5.32 Å². The van der Waals surface area contributed by atoms with E-state index in [0.29, 0.717) is 21.7 Å². The average molecular weight is 701 g/mol. The van der Waals surface area contributed by atoms with Crippen molar-refractivity contribution in [2.75, 3.05) is 0 Å².